The first kappa shape index (κ1) is 16.8. The number of anilines is 1. The molecule has 2 aromatic rings. The summed E-state index contributed by atoms with van der Waals surface area (Å²) in [7, 11) is 6.50. The zero-order valence-electron chi connectivity index (χ0n) is 14.7. The van der Waals surface area contributed by atoms with E-state index in [0.717, 1.165) is 22.6 Å². The molecular formula is C19H20N2O4. The molecule has 0 unspecified atom stereocenters. The number of amides is 1. The van der Waals surface area contributed by atoms with Gasteiger partial charge in [-0.3, -0.25) is 9.79 Å². The van der Waals surface area contributed by atoms with Gasteiger partial charge in [-0.05, 0) is 18.2 Å². The maximum atomic E-state index is 12.4. The quantitative estimate of drug-likeness (QED) is 0.858. The second-order valence-electron chi connectivity index (χ2n) is 5.57. The molecule has 0 radical (unpaired) electrons. The molecule has 1 aliphatic heterocycles. The zero-order valence-corrected chi connectivity index (χ0v) is 14.7. The van der Waals surface area contributed by atoms with E-state index >= 15 is 0 Å². The summed E-state index contributed by atoms with van der Waals surface area (Å²) in [5.41, 5.74) is 3.12. The standard InChI is InChI=1S/C19H20N2O4/c1-21-15-10-17(25-4)16(24-3)9-14(15)19(20-11-18(21)22)12-6-5-7-13(8-12)23-2/h5-10H,11H2,1-4H3. The van der Waals surface area contributed by atoms with Crippen LogP contribution < -0.4 is 19.1 Å². The largest absolute Gasteiger partial charge is 0.497 e. The van der Waals surface area contributed by atoms with Gasteiger partial charge in [0.25, 0.3) is 0 Å². The van der Waals surface area contributed by atoms with Crippen LogP contribution in [-0.2, 0) is 4.79 Å². The molecule has 0 N–H and O–H groups in total. The third-order valence-corrected chi connectivity index (χ3v) is 4.21. The Morgan fingerprint density at radius 3 is 2.40 bits per heavy atom. The molecule has 130 valence electrons. The Labute approximate surface area is 146 Å². The third kappa shape index (κ3) is 3.03. The number of nitrogens with zero attached hydrogens (tertiary/aromatic N) is 2. The van der Waals surface area contributed by atoms with Crippen molar-refractivity contribution in [3.63, 3.8) is 0 Å². The lowest BCUT2D eigenvalue weighted by Gasteiger charge is -2.20. The Bertz CT molecular complexity index is 845. The maximum Gasteiger partial charge on any atom is 0.248 e. The summed E-state index contributed by atoms with van der Waals surface area (Å²) in [4.78, 5) is 18.5. The van der Waals surface area contributed by atoms with Gasteiger partial charge in [0.05, 0.1) is 32.7 Å². The summed E-state index contributed by atoms with van der Waals surface area (Å²) in [6, 6.07) is 11.3. The summed E-state index contributed by atoms with van der Waals surface area (Å²) < 4.78 is 16.1. The molecule has 0 aromatic heterocycles. The number of hydrogen-bond donors (Lipinski definition) is 0. The summed E-state index contributed by atoms with van der Waals surface area (Å²) in [5, 5.41) is 0. The average Bonchev–Trinajstić information content (AvgIpc) is 2.77. The Kier molecular flexibility index (Phi) is 4.61. The molecule has 3 rings (SSSR count). The van der Waals surface area contributed by atoms with Crippen LogP contribution in [0.4, 0.5) is 5.69 Å². The number of fused-ring (bicyclic) bond motifs is 1. The lowest BCUT2D eigenvalue weighted by molar-refractivity contribution is -0.116. The first-order valence-corrected chi connectivity index (χ1v) is 7.81. The smallest absolute Gasteiger partial charge is 0.248 e. The highest BCUT2D eigenvalue weighted by Crippen LogP contribution is 2.37. The predicted molar refractivity (Wildman–Crippen MR) is 96.5 cm³/mol. The van der Waals surface area contributed by atoms with Gasteiger partial charge in [-0.1, -0.05) is 12.1 Å². The number of ether oxygens (including phenoxy) is 3. The highest BCUT2D eigenvalue weighted by Gasteiger charge is 2.25. The number of aliphatic imine (C=N–C) groups is 1. The minimum Gasteiger partial charge on any atom is -0.497 e. The zero-order chi connectivity index (χ0) is 18.0. The average molecular weight is 340 g/mol. The molecule has 1 heterocycles. The monoisotopic (exact) mass is 340 g/mol. The minimum absolute atomic E-state index is 0.0718. The number of benzene rings is 2. The first-order valence-electron chi connectivity index (χ1n) is 7.81. The van der Waals surface area contributed by atoms with Gasteiger partial charge in [-0.2, -0.15) is 0 Å². The van der Waals surface area contributed by atoms with Crippen LogP contribution in [-0.4, -0.2) is 46.5 Å². The van der Waals surface area contributed by atoms with Crippen LogP contribution in [0, 0.1) is 0 Å². The van der Waals surface area contributed by atoms with E-state index in [-0.39, 0.29) is 12.5 Å². The number of rotatable bonds is 4. The summed E-state index contributed by atoms with van der Waals surface area (Å²) >= 11 is 0. The molecule has 6 heteroatoms. The molecule has 0 aliphatic carbocycles. The second kappa shape index (κ2) is 6.84. The lowest BCUT2D eigenvalue weighted by Crippen LogP contribution is -2.27. The fourth-order valence-electron chi connectivity index (χ4n) is 2.82. The van der Waals surface area contributed by atoms with Gasteiger partial charge in [0.1, 0.15) is 12.3 Å². The fraction of sp³-hybridized carbons (Fsp3) is 0.263. The van der Waals surface area contributed by atoms with Gasteiger partial charge in [-0.25, -0.2) is 0 Å². The third-order valence-electron chi connectivity index (χ3n) is 4.21. The molecule has 6 nitrogen and oxygen atoms in total. The Hall–Kier alpha value is -3.02. The molecule has 0 bridgehead atoms. The Morgan fingerprint density at radius 1 is 1.00 bits per heavy atom. The molecule has 0 fully saturated rings. The van der Waals surface area contributed by atoms with E-state index in [9.17, 15) is 4.79 Å². The van der Waals surface area contributed by atoms with Crippen molar-refractivity contribution >= 4 is 17.3 Å². The fourth-order valence-corrected chi connectivity index (χ4v) is 2.82. The molecule has 0 saturated heterocycles. The summed E-state index contributed by atoms with van der Waals surface area (Å²) in [6.45, 7) is 0.0718. The van der Waals surface area contributed by atoms with Crippen molar-refractivity contribution in [3.05, 3.63) is 47.5 Å². The molecule has 25 heavy (non-hydrogen) atoms. The van der Waals surface area contributed by atoms with E-state index in [1.54, 1.807) is 39.3 Å². The van der Waals surface area contributed by atoms with Crippen molar-refractivity contribution in [2.45, 2.75) is 0 Å². The second-order valence-corrected chi connectivity index (χ2v) is 5.57. The molecule has 0 spiro atoms. The van der Waals surface area contributed by atoms with Gasteiger partial charge >= 0.3 is 0 Å². The highest BCUT2D eigenvalue weighted by atomic mass is 16.5. The van der Waals surface area contributed by atoms with E-state index in [1.165, 1.54) is 0 Å². The van der Waals surface area contributed by atoms with Crippen LogP contribution >= 0.6 is 0 Å². The highest BCUT2D eigenvalue weighted by molar-refractivity contribution is 6.20. The minimum atomic E-state index is -0.0913. The molecule has 2 aromatic carbocycles. The Balaban J connectivity index is 2.24. The van der Waals surface area contributed by atoms with Crippen LogP contribution in [0.2, 0.25) is 0 Å². The van der Waals surface area contributed by atoms with Crippen molar-refractivity contribution in [1.29, 1.82) is 0 Å². The Morgan fingerprint density at radius 2 is 1.72 bits per heavy atom. The van der Waals surface area contributed by atoms with E-state index in [2.05, 4.69) is 4.99 Å². The van der Waals surface area contributed by atoms with E-state index in [1.807, 2.05) is 30.3 Å². The predicted octanol–water partition coefficient (Wildman–Crippen LogP) is 2.53. The number of methoxy groups -OCH3 is 3. The van der Waals surface area contributed by atoms with Crippen molar-refractivity contribution in [3.8, 4) is 17.2 Å². The number of benzodiazepines with no additional fused rings is 1. The van der Waals surface area contributed by atoms with Gasteiger partial charge in [0.2, 0.25) is 5.91 Å². The van der Waals surface area contributed by atoms with Crippen LogP contribution in [0.5, 0.6) is 17.2 Å². The number of carbonyl (C=O) groups excluding carboxylic acids is 1. The van der Waals surface area contributed by atoms with E-state index in [0.29, 0.717) is 17.2 Å². The van der Waals surface area contributed by atoms with Crippen molar-refractivity contribution in [1.82, 2.24) is 0 Å². The number of carbonyl (C=O) groups is 1. The van der Waals surface area contributed by atoms with Crippen LogP contribution in [0.25, 0.3) is 0 Å². The van der Waals surface area contributed by atoms with Gasteiger partial charge in [0, 0.05) is 24.2 Å². The van der Waals surface area contributed by atoms with Crippen LogP contribution in [0.1, 0.15) is 11.1 Å². The van der Waals surface area contributed by atoms with E-state index in [4.69, 9.17) is 14.2 Å². The summed E-state index contributed by atoms with van der Waals surface area (Å²) in [6.07, 6.45) is 0. The molecule has 0 atom stereocenters. The molecule has 1 aliphatic rings. The van der Waals surface area contributed by atoms with Gasteiger partial charge in [0.15, 0.2) is 11.5 Å². The van der Waals surface area contributed by atoms with Crippen molar-refractivity contribution < 1.29 is 19.0 Å². The molecule has 0 saturated carbocycles. The maximum absolute atomic E-state index is 12.4. The van der Waals surface area contributed by atoms with Crippen LogP contribution in [0.3, 0.4) is 0 Å². The number of likely N-dealkylation sites (N-methyl/N-ethyl adjacent to an activating group) is 1. The normalized spacial score (nSPS) is 13.7. The first-order chi connectivity index (χ1) is 12.1. The lowest BCUT2D eigenvalue weighted by atomic mass is 9.99. The summed E-state index contributed by atoms with van der Waals surface area (Å²) in [5.74, 6) is 1.78. The molecule has 1 amide bonds. The van der Waals surface area contributed by atoms with Crippen LogP contribution in [0.15, 0.2) is 41.4 Å². The topological polar surface area (TPSA) is 60.4 Å². The van der Waals surface area contributed by atoms with Gasteiger partial charge in [-0.15, -0.1) is 0 Å². The van der Waals surface area contributed by atoms with Crippen molar-refractivity contribution in [2.75, 3.05) is 39.8 Å². The van der Waals surface area contributed by atoms with Gasteiger partial charge < -0.3 is 19.1 Å². The number of hydrogen-bond acceptors (Lipinski definition) is 5. The molecular weight excluding hydrogens is 320 g/mol. The van der Waals surface area contributed by atoms with E-state index < -0.39 is 0 Å². The van der Waals surface area contributed by atoms with Crippen molar-refractivity contribution in [2.24, 2.45) is 4.99 Å². The SMILES string of the molecule is COc1cccc(C2=NCC(=O)N(C)c3cc(OC)c(OC)cc32)c1.